The minimum absolute atomic E-state index is 0.162. The van der Waals surface area contributed by atoms with Crippen LogP contribution in [-0.2, 0) is 9.47 Å². The maximum atomic E-state index is 9.57. The predicted octanol–water partition coefficient (Wildman–Crippen LogP) is 1.83. The summed E-state index contributed by atoms with van der Waals surface area (Å²) in [5.74, 6) is 0.557. The van der Waals surface area contributed by atoms with E-state index in [1.165, 1.54) is 0 Å². The molecule has 3 heteroatoms. The maximum Gasteiger partial charge on any atom is 0.0849 e. The second-order valence-corrected chi connectivity index (χ2v) is 4.64. The van der Waals surface area contributed by atoms with E-state index in [9.17, 15) is 5.11 Å². The largest absolute Gasteiger partial charge is 0.388 e. The summed E-state index contributed by atoms with van der Waals surface area (Å²) in [6.45, 7) is 11.5. The van der Waals surface area contributed by atoms with Crippen LogP contribution in [0.5, 0.6) is 0 Å². The van der Waals surface area contributed by atoms with Crippen LogP contribution in [0.3, 0.4) is 0 Å². The van der Waals surface area contributed by atoms with E-state index in [-0.39, 0.29) is 6.10 Å². The van der Waals surface area contributed by atoms with Gasteiger partial charge in [-0.2, -0.15) is 0 Å². The minimum Gasteiger partial charge on any atom is -0.388 e. The Morgan fingerprint density at radius 2 is 1.71 bits per heavy atom. The van der Waals surface area contributed by atoms with Crippen molar-refractivity contribution in [3.63, 3.8) is 0 Å². The van der Waals surface area contributed by atoms with Crippen molar-refractivity contribution in [3.8, 4) is 0 Å². The zero-order chi connectivity index (χ0) is 11.2. The molecule has 0 radical (unpaired) electrons. The summed E-state index contributed by atoms with van der Waals surface area (Å²) < 4.78 is 10.8. The number of rotatable bonds is 7. The first-order valence-corrected chi connectivity index (χ1v) is 5.25. The van der Waals surface area contributed by atoms with E-state index < -0.39 is 5.60 Å². The Labute approximate surface area is 87.4 Å². The van der Waals surface area contributed by atoms with Gasteiger partial charge in [0.25, 0.3) is 0 Å². The molecule has 0 aromatic rings. The molecular formula is C11H24O3. The normalized spacial score (nSPS) is 14.8. The molecule has 0 aliphatic carbocycles. The van der Waals surface area contributed by atoms with Crippen LogP contribution in [0.4, 0.5) is 0 Å². The van der Waals surface area contributed by atoms with Gasteiger partial charge in [-0.15, -0.1) is 0 Å². The van der Waals surface area contributed by atoms with Gasteiger partial charge in [0, 0.05) is 6.61 Å². The lowest BCUT2D eigenvalue weighted by atomic mass is 10.0. The Balaban J connectivity index is 3.37. The SMILES string of the molecule is CC(C)COCCOC(C)C(C)(C)O. The number of hydrogen-bond donors (Lipinski definition) is 1. The lowest BCUT2D eigenvalue weighted by Crippen LogP contribution is -2.36. The second-order valence-electron chi connectivity index (χ2n) is 4.64. The summed E-state index contributed by atoms with van der Waals surface area (Å²) in [7, 11) is 0. The first-order valence-electron chi connectivity index (χ1n) is 5.25. The van der Waals surface area contributed by atoms with Crippen LogP contribution in [0.1, 0.15) is 34.6 Å². The molecule has 0 heterocycles. The summed E-state index contributed by atoms with van der Waals surface area (Å²) in [6, 6.07) is 0. The van der Waals surface area contributed by atoms with Crippen molar-refractivity contribution in [2.45, 2.75) is 46.3 Å². The van der Waals surface area contributed by atoms with Crippen LogP contribution >= 0.6 is 0 Å². The van der Waals surface area contributed by atoms with E-state index in [1.807, 2.05) is 6.92 Å². The number of ether oxygens (including phenoxy) is 2. The third kappa shape index (κ3) is 7.30. The van der Waals surface area contributed by atoms with Crippen molar-refractivity contribution >= 4 is 0 Å². The zero-order valence-corrected chi connectivity index (χ0v) is 10.0. The number of aliphatic hydroxyl groups is 1. The molecule has 1 atom stereocenters. The molecule has 3 nitrogen and oxygen atoms in total. The Kier molecular flexibility index (Phi) is 6.33. The van der Waals surface area contributed by atoms with Crippen LogP contribution in [0.15, 0.2) is 0 Å². The highest BCUT2D eigenvalue weighted by Gasteiger charge is 2.22. The Morgan fingerprint density at radius 1 is 1.14 bits per heavy atom. The van der Waals surface area contributed by atoms with E-state index in [2.05, 4.69) is 13.8 Å². The maximum absolute atomic E-state index is 9.57. The molecule has 0 aliphatic heterocycles. The molecule has 0 aromatic carbocycles. The van der Waals surface area contributed by atoms with Gasteiger partial charge in [-0.05, 0) is 26.7 Å². The van der Waals surface area contributed by atoms with Gasteiger partial charge in [0.15, 0.2) is 0 Å². The van der Waals surface area contributed by atoms with Gasteiger partial charge in [-0.25, -0.2) is 0 Å². The standard InChI is InChI=1S/C11H24O3/c1-9(2)8-13-6-7-14-10(3)11(4,5)12/h9-10,12H,6-8H2,1-5H3. The second kappa shape index (κ2) is 6.38. The van der Waals surface area contributed by atoms with Gasteiger partial charge in [0.1, 0.15) is 0 Å². The quantitative estimate of drug-likeness (QED) is 0.643. The third-order valence-corrected chi connectivity index (χ3v) is 2.04. The lowest BCUT2D eigenvalue weighted by molar-refractivity contribution is -0.0908. The predicted molar refractivity (Wildman–Crippen MR) is 57.4 cm³/mol. The van der Waals surface area contributed by atoms with Crippen LogP contribution in [0.2, 0.25) is 0 Å². The number of hydrogen-bond acceptors (Lipinski definition) is 3. The summed E-state index contributed by atoms with van der Waals surface area (Å²) in [4.78, 5) is 0. The lowest BCUT2D eigenvalue weighted by Gasteiger charge is -2.25. The monoisotopic (exact) mass is 204 g/mol. The van der Waals surface area contributed by atoms with E-state index in [1.54, 1.807) is 13.8 Å². The highest BCUT2D eigenvalue weighted by atomic mass is 16.5. The van der Waals surface area contributed by atoms with E-state index in [0.717, 1.165) is 6.61 Å². The van der Waals surface area contributed by atoms with Crippen molar-refractivity contribution in [2.24, 2.45) is 5.92 Å². The highest BCUT2D eigenvalue weighted by Crippen LogP contribution is 2.11. The fraction of sp³-hybridized carbons (Fsp3) is 1.00. The summed E-state index contributed by atoms with van der Waals surface area (Å²) in [5, 5.41) is 9.57. The van der Waals surface area contributed by atoms with Gasteiger partial charge < -0.3 is 14.6 Å². The van der Waals surface area contributed by atoms with Gasteiger partial charge in [0.2, 0.25) is 0 Å². The van der Waals surface area contributed by atoms with Gasteiger partial charge in [0.05, 0.1) is 24.9 Å². The molecule has 1 unspecified atom stereocenters. The van der Waals surface area contributed by atoms with Crippen molar-refractivity contribution in [2.75, 3.05) is 19.8 Å². The molecule has 0 spiro atoms. The fourth-order valence-electron chi connectivity index (χ4n) is 0.807. The zero-order valence-electron chi connectivity index (χ0n) is 10.0. The van der Waals surface area contributed by atoms with E-state index >= 15 is 0 Å². The summed E-state index contributed by atoms with van der Waals surface area (Å²) >= 11 is 0. The molecule has 0 saturated heterocycles. The van der Waals surface area contributed by atoms with Crippen LogP contribution < -0.4 is 0 Å². The molecular weight excluding hydrogens is 180 g/mol. The van der Waals surface area contributed by atoms with Crippen molar-refractivity contribution in [1.82, 2.24) is 0 Å². The van der Waals surface area contributed by atoms with Crippen LogP contribution in [0.25, 0.3) is 0 Å². The minimum atomic E-state index is -0.780. The third-order valence-electron chi connectivity index (χ3n) is 2.04. The van der Waals surface area contributed by atoms with E-state index in [4.69, 9.17) is 9.47 Å². The topological polar surface area (TPSA) is 38.7 Å². The van der Waals surface area contributed by atoms with Gasteiger partial charge in [-0.1, -0.05) is 13.8 Å². The Morgan fingerprint density at radius 3 is 2.14 bits per heavy atom. The van der Waals surface area contributed by atoms with Crippen molar-refractivity contribution < 1.29 is 14.6 Å². The molecule has 0 amide bonds. The van der Waals surface area contributed by atoms with Crippen molar-refractivity contribution in [1.29, 1.82) is 0 Å². The summed E-state index contributed by atoms with van der Waals surface area (Å²) in [6.07, 6.45) is -0.162. The average molecular weight is 204 g/mol. The fourth-order valence-corrected chi connectivity index (χ4v) is 0.807. The molecule has 0 saturated carbocycles. The highest BCUT2D eigenvalue weighted by molar-refractivity contribution is 4.73. The first-order chi connectivity index (χ1) is 6.34. The summed E-state index contributed by atoms with van der Waals surface area (Å²) in [5.41, 5.74) is -0.780. The Hall–Kier alpha value is -0.120. The van der Waals surface area contributed by atoms with Crippen molar-refractivity contribution in [3.05, 3.63) is 0 Å². The molecule has 0 bridgehead atoms. The van der Waals surface area contributed by atoms with Gasteiger partial charge in [-0.3, -0.25) is 0 Å². The van der Waals surface area contributed by atoms with Gasteiger partial charge >= 0.3 is 0 Å². The smallest absolute Gasteiger partial charge is 0.0849 e. The molecule has 0 rings (SSSR count). The first kappa shape index (κ1) is 13.9. The Bertz CT molecular complexity index is 138. The molecule has 14 heavy (non-hydrogen) atoms. The molecule has 0 fully saturated rings. The van der Waals surface area contributed by atoms with E-state index in [0.29, 0.717) is 19.1 Å². The molecule has 86 valence electrons. The van der Waals surface area contributed by atoms with Crippen LogP contribution in [0, 0.1) is 5.92 Å². The average Bonchev–Trinajstić information content (AvgIpc) is 2.01. The molecule has 1 N–H and O–H groups in total. The van der Waals surface area contributed by atoms with Crippen LogP contribution in [-0.4, -0.2) is 36.6 Å². The molecule has 0 aliphatic rings. The molecule has 0 aromatic heterocycles.